The summed E-state index contributed by atoms with van der Waals surface area (Å²) in [5.74, 6) is -1.34. The number of aromatic nitrogens is 3. The van der Waals surface area contributed by atoms with Crippen LogP contribution in [-0.2, 0) is 19.2 Å². The van der Waals surface area contributed by atoms with Gasteiger partial charge in [0.1, 0.15) is 34.4 Å². The van der Waals surface area contributed by atoms with Gasteiger partial charge < -0.3 is 26.7 Å². The number of β-lactam (4-membered cyclic amide) rings is 1. The van der Waals surface area contributed by atoms with Gasteiger partial charge in [-0.15, -0.1) is 58.1 Å². The lowest BCUT2D eigenvalue weighted by Crippen LogP contribution is -2.71. The van der Waals surface area contributed by atoms with Gasteiger partial charge in [0.2, 0.25) is 0 Å². The van der Waals surface area contributed by atoms with E-state index in [1.807, 2.05) is 0 Å². The van der Waals surface area contributed by atoms with Crippen LogP contribution in [0.5, 0.6) is 0 Å². The Balaban J connectivity index is 0.00000210. The van der Waals surface area contributed by atoms with Crippen molar-refractivity contribution in [3.8, 4) is 0 Å². The molecular formula is C20H24Cl2N8O5S4. The van der Waals surface area contributed by atoms with Crippen molar-refractivity contribution in [3.05, 3.63) is 27.9 Å². The SMILES string of the molecule is Cl.Cl.NCC(O/N=C(/C(=O)NC1C(=O)N2C(C(=O)O)=C(CSc3nncs3)CS[C@H]12)c1csc(N)n1)C1CC1. The fourth-order valence-electron chi connectivity index (χ4n) is 3.89. The lowest BCUT2D eigenvalue weighted by molar-refractivity contribution is -0.150. The molecule has 1 saturated carbocycles. The highest BCUT2D eigenvalue weighted by molar-refractivity contribution is 8.01. The Hall–Kier alpha value is -2.15. The molecule has 2 unspecified atom stereocenters. The minimum absolute atomic E-state index is 0. The molecule has 0 radical (unpaired) electrons. The van der Waals surface area contributed by atoms with Gasteiger partial charge >= 0.3 is 5.97 Å². The Morgan fingerprint density at radius 2 is 2.10 bits per heavy atom. The van der Waals surface area contributed by atoms with Crippen molar-refractivity contribution in [3.63, 3.8) is 0 Å². The first kappa shape index (κ1) is 31.4. The Bertz CT molecular complexity index is 1270. The third-order valence-corrected chi connectivity index (χ3v) is 9.85. The minimum atomic E-state index is -1.20. The highest BCUT2D eigenvalue weighted by Gasteiger charge is 2.54. The molecule has 2 aliphatic heterocycles. The molecule has 3 aliphatic rings. The molecule has 4 heterocycles. The molecule has 2 amide bonds. The number of amides is 2. The van der Waals surface area contributed by atoms with Crippen molar-refractivity contribution in [2.75, 3.05) is 23.8 Å². The molecular weight excluding hydrogens is 631 g/mol. The van der Waals surface area contributed by atoms with Crippen LogP contribution in [0.1, 0.15) is 18.5 Å². The van der Waals surface area contributed by atoms with Gasteiger partial charge in [-0.1, -0.05) is 28.3 Å². The lowest BCUT2D eigenvalue weighted by atomic mass is 10.0. The summed E-state index contributed by atoms with van der Waals surface area (Å²) in [4.78, 5) is 49.3. The van der Waals surface area contributed by atoms with E-state index >= 15 is 0 Å². The third-order valence-electron chi connectivity index (χ3n) is 5.89. The summed E-state index contributed by atoms with van der Waals surface area (Å²) in [6.45, 7) is 0.251. The molecule has 3 atom stereocenters. The van der Waals surface area contributed by atoms with Gasteiger partial charge in [0.05, 0.1) is 0 Å². The minimum Gasteiger partial charge on any atom is -0.477 e. The van der Waals surface area contributed by atoms with E-state index in [9.17, 15) is 19.5 Å². The number of thiazole rings is 1. The molecule has 212 valence electrons. The highest BCUT2D eigenvalue weighted by Crippen LogP contribution is 2.41. The topological polar surface area (TPSA) is 199 Å². The number of hydrogen-bond donors (Lipinski definition) is 4. The molecule has 2 aromatic rings. The number of oxime groups is 1. The molecule has 0 aromatic carbocycles. The van der Waals surface area contributed by atoms with E-state index in [4.69, 9.17) is 16.3 Å². The van der Waals surface area contributed by atoms with E-state index in [0.29, 0.717) is 27.3 Å². The van der Waals surface area contributed by atoms with Gasteiger partial charge in [-0.2, -0.15) is 0 Å². The summed E-state index contributed by atoms with van der Waals surface area (Å²) in [6, 6.07) is -0.931. The lowest BCUT2D eigenvalue weighted by Gasteiger charge is -2.49. The Kier molecular flexibility index (Phi) is 10.8. The number of aliphatic carboxylic acids is 1. The number of anilines is 1. The molecule has 0 spiro atoms. The predicted octanol–water partition coefficient (Wildman–Crippen LogP) is 1.41. The molecule has 5 rings (SSSR count). The summed E-state index contributed by atoms with van der Waals surface area (Å²) < 4.78 is 0.708. The number of thioether (sulfide) groups is 2. The van der Waals surface area contributed by atoms with E-state index < -0.39 is 29.2 Å². The molecule has 13 nitrogen and oxygen atoms in total. The van der Waals surface area contributed by atoms with Crippen LogP contribution in [0.25, 0.3) is 0 Å². The second-order valence-corrected chi connectivity index (χ2v) is 12.4. The van der Waals surface area contributed by atoms with Crippen LogP contribution < -0.4 is 16.8 Å². The zero-order valence-corrected chi connectivity index (χ0v) is 24.8. The monoisotopic (exact) mass is 654 g/mol. The first-order valence-electron chi connectivity index (χ1n) is 11.1. The average Bonchev–Trinajstić information content (AvgIpc) is 3.41. The zero-order valence-electron chi connectivity index (χ0n) is 19.9. The smallest absolute Gasteiger partial charge is 0.352 e. The number of carbonyl (C=O) groups is 3. The average molecular weight is 656 g/mol. The summed E-state index contributed by atoms with van der Waals surface area (Å²) in [5, 5.41) is 25.6. The Morgan fingerprint density at radius 3 is 2.69 bits per heavy atom. The summed E-state index contributed by atoms with van der Waals surface area (Å²) >= 11 is 5.24. The van der Waals surface area contributed by atoms with Gasteiger partial charge in [0.15, 0.2) is 15.2 Å². The maximum atomic E-state index is 13.2. The number of rotatable bonds is 11. The van der Waals surface area contributed by atoms with Crippen LogP contribution in [0.4, 0.5) is 5.13 Å². The number of halogens is 2. The maximum Gasteiger partial charge on any atom is 0.352 e. The van der Waals surface area contributed by atoms with Crippen LogP contribution in [0.15, 0.2) is 31.7 Å². The number of nitrogens with zero attached hydrogens (tertiary/aromatic N) is 5. The standard InChI is InChI=1S/C20H22N8O5S4.2ClH/c21-3-11(8-1-2-8)33-27-12(10-6-35-19(22)24-10)15(29)25-13-16(30)28-14(18(31)32)9(4-34-17(13)28)5-36-20-26-23-7-37-20;;/h6-8,11,13,17H,1-5,21H2,(H2,22,24)(H,25,29)(H,31,32);2*1H/b27-12+;;/t11?,13?,17-;;/m1../s1. The van der Waals surface area contributed by atoms with Crippen molar-refractivity contribution in [1.29, 1.82) is 0 Å². The molecule has 0 bridgehead atoms. The maximum absolute atomic E-state index is 13.2. The van der Waals surface area contributed by atoms with E-state index in [2.05, 4.69) is 25.7 Å². The molecule has 2 fully saturated rings. The molecule has 6 N–H and O–H groups in total. The molecule has 2 aromatic heterocycles. The van der Waals surface area contributed by atoms with Crippen LogP contribution >= 0.6 is 71.0 Å². The van der Waals surface area contributed by atoms with Crippen LogP contribution in [0, 0.1) is 5.92 Å². The van der Waals surface area contributed by atoms with Crippen molar-refractivity contribution in [2.45, 2.75) is 34.7 Å². The summed E-state index contributed by atoms with van der Waals surface area (Å²) in [7, 11) is 0. The first-order chi connectivity index (χ1) is 17.9. The largest absolute Gasteiger partial charge is 0.477 e. The number of hydrogen-bond acceptors (Lipinski definition) is 14. The van der Waals surface area contributed by atoms with Gasteiger partial charge in [0.25, 0.3) is 11.8 Å². The van der Waals surface area contributed by atoms with E-state index in [1.54, 1.807) is 10.9 Å². The number of nitrogen functional groups attached to an aromatic ring is 1. The number of carboxylic acid groups (broad SMARTS) is 1. The van der Waals surface area contributed by atoms with Crippen molar-refractivity contribution in [2.24, 2.45) is 16.8 Å². The van der Waals surface area contributed by atoms with E-state index in [0.717, 1.165) is 24.2 Å². The van der Waals surface area contributed by atoms with Gasteiger partial charge in [-0.05, 0) is 24.3 Å². The first-order valence-corrected chi connectivity index (χ1v) is 14.9. The van der Waals surface area contributed by atoms with Crippen molar-refractivity contribution >= 4 is 99.6 Å². The fourth-order valence-corrected chi connectivity index (χ4v) is 7.41. The number of carboxylic acids is 1. The van der Waals surface area contributed by atoms with Gasteiger partial charge in [0, 0.05) is 23.4 Å². The molecule has 1 saturated heterocycles. The molecule has 19 heteroatoms. The van der Waals surface area contributed by atoms with Crippen molar-refractivity contribution < 1.29 is 24.3 Å². The van der Waals surface area contributed by atoms with Gasteiger partial charge in [-0.25, -0.2) is 9.78 Å². The number of nitrogens with two attached hydrogens (primary N) is 2. The number of fused-ring (bicyclic) bond motifs is 1. The number of nitrogens with one attached hydrogen (secondary N) is 1. The summed E-state index contributed by atoms with van der Waals surface area (Å²) in [5.41, 5.74) is 13.8. The van der Waals surface area contributed by atoms with Crippen molar-refractivity contribution in [1.82, 2.24) is 25.4 Å². The summed E-state index contributed by atoms with van der Waals surface area (Å²) in [6.07, 6.45) is 1.64. The second-order valence-electron chi connectivity index (χ2n) is 8.34. The zero-order chi connectivity index (χ0) is 26.1. The van der Waals surface area contributed by atoms with Crippen LogP contribution in [-0.4, -0.2) is 84.3 Å². The van der Waals surface area contributed by atoms with Crippen LogP contribution in [0.2, 0.25) is 0 Å². The highest BCUT2D eigenvalue weighted by atomic mass is 35.5. The quantitative estimate of drug-likeness (QED) is 0.118. The fraction of sp³-hybridized carbons (Fsp3) is 0.450. The second kappa shape index (κ2) is 13.5. The van der Waals surface area contributed by atoms with Gasteiger partial charge in [-0.3, -0.25) is 14.5 Å². The normalized spacial score (nSPS) is 21.2. The third kappa shape index (κ3) is 6.78. The molecule has 1 aliphatic carbocycles. The Morgan fingerprint density at radius 1 is 1.33 bits per heavy atom. The number of carbonyl (C=O) groups excluding carboxylic acids is 2. The van der Waals surface area contributed by atoms with E-state index in [-0.39, 0.29) is 59.7 Å². The Labute approximate surface area is 251 Å². The van der Waals surface area contributed by atoms with E-state index in [1.165, 1.54) is 39.8 Å². The van der Waals surface area contributed by atoms with Crippen LogP contribution in [0.3, 0.4) is 0 Å². The predicted molar refractivity (Wildman–Crippen MR) is 155 cm³/mol. The molecule has 39 heavy (non-hydrogen) atoms.